The average molecular weight is 412 g/mol. The van der Waals surface area contributed by atoms with Gasteiger partial charge in [0.25, 0.3) is 0 Å². The second kappa shape index (κ2) is 8.14. The zero-order valence-corrected chi connectivity index (χ0v) is 16.1. The lowest BCUT2D eigenvalue weighted by molar-refractivity contribution is -0.133. The summed E-state index contributed by atoms with van der Waals surface area (Å²) in [4.78, 5) is 39.6. The fraction of sp³-hybridized carbons (Fsp3) is 0.318. The normalized spacial score (nSPS) is 23.5. The van der Waals surface area contributed by atoms with Gasteiger partial charge in [0.1, 0.15) is 12.4 Å². The Kier molecular flexibility index (Phi) is 5.39. The van der Waals surface area contributed by atoms with E-state index >= 15 is 0 Å². The molecule has 0 unspecified atom stereocenters. The first-order valence-corrected chi connectivity index (χ1v) is 9.71. The molecule has 0 aliphatic carbocycles. The predicted molar refractivity (Wildman–Crippen MR) is 104 cm³/mol. The van der Waals surface area contributed by atoms with Crippen LogP contribution in [0.5, 0.6) is 0 Å². The Morgan fingerprint density at radius 2 is 1.77 bits per heavy atom. The SMILES string of the molecule is O=C(O)N1C[C@H](C(=O)N2C(=O)OC[C@@H]2Cc2ccccc2)[C@H](c2ccc(F)cc2)C1. The number of likely N-dealkylation sites (tertiary alicyclic amines) is 1. The van der Waals surface area contributed by atoms with Gasteiger partial charge in [-0.1, -0.05) is 42.5 Å². The first-order chi connectivity index (χ1) is 14.4. The number of ether oxygens (including phenoxy) is 1. The van der Waals surface area contributed by atoms with Crippen LogP contribution in [-0.2, 0) is 16.0 Å². The molecule has 2 aliphatic heterocycles. The van der Waals surface area contributed by atoms with Crippen LogP contribution in [0.1, 0.15) is 17.0 Å². The number of amides is 3. The van der Waals surface area contributed by atoms with Gasteiger partial charge < -0.3 is 14.7 Å². The number of benzene rings is 2. The van der Waals surface area contributed by atoms with Crippen LogP contribution in [0.3, 0.4) is 0 Å². The van der Waals surface area contributed by atoms with E-state index < -0.39 is 41.8 Å². The van der Waals surface area contributed by atoms with Crippen molar-refractivity contribution in [3.05, 3.63) is 71.5 Å². The zero-order valence-electron chi connectivity index (χ0n) is 16.1. The minimum atomic E-state index is -1.14. The van der Waals surface area contributed by atoms with E-state index in [0.29, 0.717) is 12.0 Å². The highest BCUT2D eigenvalue weighted by molar-refractivity contribution is 5.96. The van der Waals surface area contributed by atoms with Crippen molar-refractivity contribution in [2.75, 3.05) is 19.7 Å². The van der Waals surface area contributed by atoms with Gasteiger partial charge in [-0.3, -0.25) is 4.79 Å². The molecule has 0 saturated carbocycles. The summed E-state index contributed by atoms with van der Waals surface area (Å²) in [6.07, 6.45) is -1.40. The van der Waals surface area contributed by atoms with E-state index in [9.17, 15) is 23.9 Å². The minimum Gasteiger partial charge on any atom is -0.465 e. The van der Waals surface area contributed by atoms with E-state index in [1.54, 1.807) is 12.1 Å². The van der Waals surface area contributed by atoms with Gasteiger partial charge in [-0.15, -0.1) is 0 Å². The second-order valence-electron chi connectivity index (χ2n) is 7.58. The Balaban J connectivity index is 1.60. The molecule has 2 aromatic carbocycles. The highest BCUT2D eigenvalue weighted by Crippen LogP contribution is 2.35. The minimum absolute atomic E-state index is 0.0297. The standard InChI is InChI=1S/C22H21FN2O5/c23-16-8-6-15(7-9-16)18-11-24(21(27)28)12-19(18)20(26)25-17(13-30-22(25)29)10-14-4-2-1-3-5-14/h1-9,17-19H,10-13H2,(H,27,28)/t17-,18-,19-/m0/s1. The summed E-state index contributed by atoms with van der Waals surface area (Å²) in [6, 6.07) is 14.7. The molecule has 156 valence electrons. The first-order valence-electron chi connectivity index (χ1n) is 9.71. The Bertz CT molecular complexity index is 950. The Morgan fingerprint density at radius 3 is 2.43 bits per heavy atom. The molecule has 2 heterocycles. The molecule has 2 saturated heterocycles. The molecule has 3 atom stereocenters. The van der Waals surface area contributed by atoms with Crippen molar-refractivity contribution in [3.8, 4) is 0 Å². The number of imide groups is 1. The molecule has 7 nitrogen and oxygen atoms in total. The molecule has 1 N–H and O–H groups in total. The summed E-state index contributed by atoms with van der Waals surface area (Å²) in [7, 11) is 0. The van der Waals surface area contributed by atoms with Crippen LogP contribution >= 0.6 is 0 Å². The van der Waals surface area contributed by atoms with Gasteiger partial charge >= 0.3 is 12.2 Å². The van der Waals surface area contributed by atoms with E-state index in [2.05, 4.69) is 0 Å². The first kappa shape index (κ1) is 19.9. The summed E-state index contributed by atoms with van der Waals surface area (Å²) in [6.45, 7) is 0.164. The van der Waals surface area contributed by atoms with Crippen molar-refractivity contribution in [1.29, 1.82) is 0 Å². The van der Waals surface area contributed by atoms with Gasteiger partial charge in [0.2, 0.25) is 5.91 Å². The van der Waals surface area contributed by atoms with Gasteiger partial charge in [-0.05, 0) is 29.7 Å². The fourth-order valence-electron chi connectivity index (χ4n) is 4.20. The molecule has 8 heteroatoms. The quantitative estimate of drug-likeness (QED) is 0.834. The van der Waals surface area contributed by atoms with Crippen LogP contribution in [0.4, 0.5) is 14.0 Å². The lowest BCUT2D eigenvalue weighted by atomic mass is 9.87. The van der Waals surface area contributed by atoms with Gasteiger partial charge in [-0.25, -0.2) is 18.9 Å². The number of rotatable bonds is 4. The van der Waals surface area contributed by atoms with Crippen molar-refractivity contribution >= 4 is 18.1 Å². The summed E-state index contributed by atoms with van der Waals surface area (Å²) in [5.41, 5.74) is 1.62. The molecular weight excluding hydrogens is 391 g/mol. The number of carboxylic acid groups (broad SMARTS) is 1. The number of halogens is 1. The highest BCUT2D eigenvalue weighted by atomic mass is 19.1. The molecule has 30 heavy (non-hydrogen) atoms. The maximum atomic E-state index is 13.4. The molecule has 0 bridgehead atoms. The maximum absolute atomic E-state index is 13.4. The summed E-state index contributed by atoms with van der Waals surface area (Å²) >= 11 is 0. The largest absolute Gasteiger partial charge is 0.465 e. The summed E-state index contributed by atoms with van der Waals surface area (Å²) in [5, 5.41) is 9.44. The number of hydrogen-bond acceptors (Lipinski definition) is 4. The van der Waals surface area contributed by atoms with Gasteiger partial charge in [-0.2, -0.15) is 0 Å². The van der Waals surface area contributed by atoms with Crippen LogP contribution in [0.15, 0.2) is 54.6 Å². The van der Waals surface area contributed by atoms with Crippen LogP contribution < -0.4 is 0 Å². The van der Waals surface area contributed by atoms with Crippen LogP contribution in [-0.4, -0.2) is 58.7 Å². The summed E-state index contributed by atoms with van der Waals surface area (Å²) < 4.78 is 18.5. The molecule has 4 rings (SSSR count). The number of carbonyl (C=O) groups excluding carboxylic acids is 2. The van der Waals surface area contributed by atoms with Crippen molar-refractivity contribution in [2.24, 2.45) is 5.92 Å². The Hall–Kier alpha value is -3.42. The Morgan fingerprint density at radius 1 is 1.07 bits per heavy atom. The number of carbonyl (C=O) groups is 3. The van der Waals surface area contributed by atoms with Crippen molar-refractivity contribution in [3.63, 3.8) is 0 Å². The highest BCUT2D eigenvalue weighted by Gasteiger charge is 2.47. The van der Waals surface area contributed by atoms with Crippen LogP contribution in [0.25, 0.3) is 0 Å². The fourth-order valence-corrected chi connectivity index (χ4v) is 4.20. The smallest absolute Gasteiger partial charge is 0.416 e. The lowest BCUT2D eigenvalue weighted by Gasteiger charge is -2.25. The van der Waals surface area contributed by atoms with Crippen molar-refractivity contribution in [2.45, 2.75) is 18.4 Å². The summed E-state index contributed by atoms with van der Waals surface area (Å²) in [5.74, 6) is -2.10. The van der Waals surface area contributed by atoms with Gasteiger partial charge in [0.05, 0.1) is 12.0 Å². The molecule has 2 aromatic rings. The second-order valence-corrected chi connectivity index (χ2v) is 7.58. The number of hydrogen-bond donors (Lipinski definition) is 1. The number of nitrogens with zero attached hydrogens (tertiary/aromatic N) is 2. The molecule has 3 amide bonds. The molecule has 0 spiro atoms. The third-order valence-corrected chi connectivity index (χ3v) is 5.72. The van der Waals surface area contributed by atoms with E-state index in [4.69, 9.17) is 4.74 Å². The van der Waals surface area contributed by atoms with Crippen molar-refractivity contribution < 1.29 is 28.6 Å². The molecular formula is C22H21FN2O5. The number of cyclic esters (lactones) is 1. The lowest BCUT2D eigenvalue weighted by Crippen LogP contribution is -2.45. The zero-order chi connectivity index (χ0) is 21.3. The maximum Gasteiger partial charge on any atom is 0.416 e. The topological polar surface area (TPSA) is 87.2 Å². The molecule has 0 aromatic heterocycles. The van der Waals surface area contributed by atoms with E-state index in [1.165, 1.54) is 12.1 Å². The van der Waals surface area contributed by atoms with Crippen LogP contribution in [0, 0.1) is 11.7 Å². The Labute approximate surface area is 172 Å². The monoisotopic (exact) mass is 412 g/mol. The van der Waals surface area contributed by atoms with E-state index in [1.807, 2.05) is 30.3 Å². The third kappa shape index (κ3) is 3.85. The van der Waals surface area contributed by atoms with Crippen molar-refractivity contribution in [1.82, 2.24) is 9.80 Å². The predicted octanol–water partition coefficient (Wildman–Crippen LogP) is 3.11. The third-order valence-electron chi connectivity index (χ3n) is 5.72. The molecule has 0 radical (unpaired) electrons. The molecule has 2 fully saturated rings. The average Bonchev–Trinajstić information content (AvgIpc) is 3.33. The van der Waals surface area contributed by atoms with E-state index in [-0.39, 0.29) is 19.7 Å². The van der Waals surface area contributed by atoms with Crippen LogP contribution in [0.2, 0.25) is 0 Å². The van der Waals surface area contributed by atoms with E-state index in [0.717, 1.165) is 15.4 Å². The van der Waals surface area contributed by atoms with Gasteiger partial charge in [0, 0.05) is 19.0 Å². The van der Waals surface area contributed by atoms with Gasteiger partial charge in [0.15, 0.2) is 0 Å². The molecule has 2 aliphatic rings.